The first-order valence-electron chi connectivity index (χ1n) is 3.56. The fourth-order valence-corrected chi connectivity index (χ4v) is 2.76. The van der Waals surface area contributed by atoms with Gasteiger partial charge in [0, 0.05) is 5.75 Å². The van der Waals surface area contributed by atoms with Crippen molar-refractivity contribution in [3.63, 3.8) is 0 Å². The van der Waals surface area contributed by atoms with Gasteiger partial charge in [-0.25, -0.2) is 4.98 Å². The Bertz CT molecular complexity index is 276. The van der Waals surface area contributed by atoms with Crippen molar-refractivity contribution in [2.24, 2.45) is 0 Å². The van der Waals surface area contributed by atoms with E-state index in [9.17, 15) is 0 Å². The summed E-state index contributed by atoms with van der Waals surface area (Å²) in [5, 5.41) is 0. The van der Waals surface area contributed by atoms with Crippen LogP contribution < -0.4 is 0 Å². The third-order valence-corrected chi connectivity index (χ3v) is 3.35. The molecule has 1 heterocycles. The van der Waals surface area contributed by atoms with Crippen molar-refractivity contribution in [2.45, 2.75) is 18.2 Å². The number of thiazole rings is 1. The molecule has 1 aromatic rings. The molecule has 0 spiro atoms. The summed E-state index contributed by atoms with van der Waals surface area (Å²) in [5.41, 5.74) is 1.34. The quantitative estimate of drug-likeness (QED) is 0.566. The molecule has 0 fully saturated rings. The van der Waals surface area contributed by atoms with E-state index in [1.54, 1.807) is 18.0 Å². The van der Waals surface area contributed by atoms with E-state index in [0.29, 0.717) is 0 Å². The molecule has 0 aliphatic carbocycles. The standard InChI is InChI=1S/C8H10ClNS2/c1-6(2)3-4-11-8-10-5-7(9)12-8/h3,5H,4H2,1-2H3. The van der Waals surface area contributed by atoms with Gasteiger partial charge < -0.3 is 0 Å². The van der Waals surface area contributed by atoms with Crippen molar-refractivity contribution in [1.29, 1.82) is 0 Å². The maximum absolute atomic E-state index is 5.73. The van der Waals surface area contributed by atoms with Crippen LogP contribution in [0.15, 0.2) is 22.2 Å². The minimum absolute atomic E-state index is 0.759. The van der Waals surface area contributed by atoms with Crippen LogP contribution in [0, 0.1) is 0 Å². The number of nitrogens with zero attached hydrogens (tertiary/aromatic N) is 1. The minimum Gasteiger partial charge on any atom is -0.237 e. The second-order valence-corrected chi connectivity index (χ2v) is 5.45. The molecule has 0 N–H and O–H groups in total. The zero-order valence-electron chi connectivity index (χ0n) is 7.00. The zero-order valence-corrected chi connectivity index (χ0v) is 9.39. The first kappa shape index (κ1) is 10.1. The van der Waals surface area contributed by atoms with E-state index in [4.69, 9.17) is 11.6 Å². The van der Waals surface area contributed by atoms with Gasteiger partial charge in [0.25, 0.3) is 0 Å². The van der Waals surface area contributed by atoms with Crippen LogP contribution in [0.4, 0.5) is 0 Å². The molecule has 0 radical (unpaired) electrons. The van der Waals surface area contributed by atoms with Gasteiger partial charge in [0.1, 0.15) is 4.34 Å². The van der Waals surface area contributed by atoms with Crippen molar-refractivity contribution in [3.05, 3.63) is 22.2 Å². The van der Waals surface area contributed by atoms with Gasteiger partial charge in [0.15, 0.2) is 4.34 Å². The maximum Gasteiger partial charge on any atom is 0.151 e. The molecule has 0 saturated heterocycles. The highest BCUT2D eigenvalue weighted by Gasteiger charge is 1.97. The first-order chi connectivity index (χ1) is 5.68. The molecule has 0 atom stereocenters. The lowest BCUT2D eigenvalue weighted by atomic mass is 10.3. The van der Waals surface area contributed by atoms with Gasteiger partial charge in [-0.3, -0.25) is 0 Å². The third-order valence-electron chi connectivity index (χ3n) is 1.15. The highest BCUT2D eigenvalue weighted by atomic mass is 35.5. The van der Waals surface area contributed by atoms with Gasteiger partial charge in [0.2, 0.25) is 0 Å². The smallest absolute Gasteiger partial charge is 0.151 e. The molecule has 12 heavy (non-hydrogen) atoms. The van der Waals surface area contributed by atoms with Crippen LogP contribution >= 0.6 is 34.7 Å². The Morgan fingerprint density at radius 2 is 2.50 bits per heavy atom. The summed E-state index contributed by atoms with van der Waals surface area (Å²) >= 11 is 8.97. The summed E-state index contributed by atoms with van der Waals surface area (Å²) in [6.07, 6.45) is 3.87. The fraction of sp³-hybridized carbons (Fsp3) is 0.375. The molecule has 1 nitrogen and oxygen atoms in total. The molecule has 1 aromatic heterocycles. The summed E-state index contributed by atoms with van der Waals surface area (Å²) in [4.78, 5) is 4.13. The first-order valence-corrected chi connectivity index (χ1v) is 5.74. The summed E-state index contributed by atoms with van der Waals surface area (Å²) < 4.78 is 1.80. The molecule has 0 aromatic carbocycles. The summed E-state index contributed by atoms with van der Waals surface area (Å²) in [6, 6.07) is 0. The van der Waals surface area contributed by atoms with Crippen LogP contribution in [0.2, 0.25) is 4.34 Å². The Kier molecular flexibility index (Phi) is 4.12. The third kappa shape index (κ3) is 3.61. The zero-order chi connectivity index (χ0) is 8.97. The average molecular weight is 220 g/mol. The number of thioether (sulfide) groups is 1. The normalized spacial score (nSPS) is 9.92. The molecule has 1 rings (SSSR count). The van der Waals surface area contributed by atoms with Crippen molar-refractivity contribution in [3.8, 4) is 0 Å². The number of aromatic nitrogens is 1. The fourth-order valence-electron chi connectivity index (χ4n) is 0.586. The second-order valence-electron chi connectivity index (χ2n) is 2.52. The van der Waals surface area contributed by atoms with Crippen molar-refractivity contribution in [1.82, 2.24) is 4.98 Å². The number of hydrogen-bond donors (Lipinski definition) is 0. The van der Waals surface area contributed by atoms with Crippen LogP contribution in [0.5, 0.6) is 0 Å². The van der Waals surface area contributed by atoms with E-state index in [-0.39, 0.29) is 0 Å². The van der Waals surface area contributed by atoms with E-state index < -0.39 is 0 Å². The van der Waals surface area contributed by atoms with Crippen LogP contribution in [0.1, 0.15) is 13.8 Å². The minimum atomic E-state index is 0.759. The number of hydrogen-bond acceptors (Lipinski definition) is 3. The van der Waals surface area contributed by atoms with Crippen molar-refractivity contribution < 1.29 is 0 Å². The van der Waals surface area contributed by atoms with Gasteiger partial charge in [-0.1, -0.05) is 46.3 Å². The second kappa shape index (κ2) is 4.90. The van der Waals surface area contributed by atoms with Crippen molar-refractivity contribution >= 4 is 34.7 Å². The van der Waals surface area contributed by atoms with Gasteiger partial charge in [-0.05, 0) is 13.8 Å². The SMILES string of the molecule is CC(C)=CCSc1ncc(Cl)s1. The molecule has 66 valence electrons. The van der Waals surface area contributed by atoms with Gasteiger partial charge in [-0.2, -0.15) is 0 Å². The molecule has 0 bridgehead atoms. The largest absolute Gasteiger partial charge is 0.237 e. The molecule has 0 amide bonds. The van der Waals surface area contributed by atoms with Gasteiger partial charge in [-0.15, -0.1) is 0 Å². The monoisotopic (exact) mass is 219 g/mol. The lowest BCUT2D eigenvalue weighted by molar-refractivity contribution is 1.25. The van der Waals surface area contributed by atoms with Crippen molar-refractivity contribution in [2.75, 3.05) is 5.75 Å². The Labute approximate surface area is 85.9 Å². The molecular formula is C8H10ClNS2. The lowest BCUT2D eigenvalue weighted by Crippen LogP contribution is -1.72. The van der Waals surface area contributed by atoms with E-state index in [1.807, 2.05) is 0 Å². The number of rotatable bonds is 3. The highest BCUT2D eigenvalue weighted by molar-refractivity contribution is 8.01. The maximum atomic E-state index is 5.73. The van der Waals surface area contributed by atoms with Crippen LogP contribution in [0.3, 0.4) is 0 Å². The predicted molar refractivity (Wildman–Crippen MR) is 57.3 cm³/mol. The molecule has 0 aliphatic rings. The predicted octanol–water partition coefficient (Wildman–Crippen LogP) is 3.85. The van der Waals surface area contributed by atoms with Crippen LogP contribution in [-0.4, -0.2) is 10.7 Å². The molecular weight excluding hydrogens is 210 g/mol. The highest BCUT2D eigenvalue weighted by Crippen LogP contribution is 2.27. The van der Waals surface area contributed by atoms with Crippen LogP contribution in [0.25, 0.3) is 0 Å². The lowest BCUT2D eigenvalue weighted by Gasteiger charge is -1.90. The summed E-state index contributed by atoms with van der Waals surface area (Å²) in [6.45, 7) is 4.19. The molecule has 4 heteroatoms. The topological polar surface area (TPSA) is 12.9 Å². The van der Waals surface area contributed by atoms with Gasteiger partial charge >= 0.3 is 0 Å². The molecule has 0 aliphatic heterocycles. The Hall–Kier alpha value is 0.01000. The Balaban J connectivity index is 2.38. The number of halogens is 1. The molecule has 0 saturated carbocycles. The van der Waals surface area contributed by atoms with E-state index in [0.717, 1.165) is 14.4 Å². The average Bonchev–Trinajstić information content (AvgIpc) is 2.35. The Morgan fingerprint density at radius 3 is 3.00 bits per heavy atom. The summed E-state index contributed by atoms with van der Waals surface area (Å²) in [5.74, 6) is 0.978. The van der Waals surface area contributed by atoms with E-state index in [2.05, 4.69) is 24.9 Å². The summed E-state index contributed by atoms with van der Waals surface area (Å²) in [7, 11) is 0. The molecule has 0 unspecified atom stereocenters. The van der Waals surface area contributed by atoms with E-state index >= 15 is 0 Å². The Morgan fingerprint density at radius 1 is 1.75 bits per heavy atom. The van der Waals surface area contributed by atoms with Crippen LogP contribution in [-0.2, 0) is 0 Å². The van der Waals surface area contributed by atoms with Gasteiger partial charge in [0.05, 0.1) is 6.20 Å². The number of allylic oxidation sites excluding steroid dienone is 1. The van der Waals surface area contributed by atoms with E-state index in [1.165, 1.54) is 16.9 Å².